The highest BCUT2D eigenvalue weighted by Crippen LogP contribution is 2.26. The molecule has 1 aliphatic rings. The fourth-order valence-corrected chi connectivity index (χ4v) is 2.24. The van der Waals surface area contributed by atoms with E-state index in [2.05, 4.69) is 36.9 Å². The second kappa shape index (κ2) is 4.57. The van der Waals surface area contributed by atoms with Crippen molar-refractivity contribution in [1.82, 2.24) is 0 Å². The van der Waals surface area contributed by atoms with Crippen LogP contribution in [0.25, 0.3) is 0 Å². The van der Waals surface area contributed by atoms with Gasteiger partial charge in [0.25, 0.3) is 0 Å². The topological polar surface area (TPSA) is 27.0 Å². The highest BCUT2D eigenvalue weighted by Gasteiger charge is 2.22. The van der Waals surface area contributed by atoms with E-state index in [1.54, 1.807) is 0 Å². The number of piperidine rings is 1. The molecule has 2 heteroatoms. The van der Waals surface area contributed by atoms with Crippen molar-refractivity contribution in [2.24, 2.45) is 11.8 Å². The summed E-state index contributed by atoms with van der Waals surface area (Å²) in [5.41, 5.74) is 1.99. The maximum absolute atomic E-state index is 8.75. The molecule has 1 fully saturated rings. The quantitative estimate of drug-likeness (QED) is 0.718. The van der Waals surface area contributed by atoms with Gasteiger partial charge in [0.1, 0.15) is 0 Å². The molecule has 0 aromatic heterocycles. The number of benzene rings is 1. The lowest BCUT2D eigenvalue weighted by Gasteiger charge is -2.36. The van der Waals surface area contributed by atoms with Crippen LogP contribution < -0.4 is 4.90 Å². The van der Waals surface area contributed by atoms with Crippen LogP contribution in [-0.2, 0) is 0 Å². The van der Waals surface area contributed by atoms with E-state index in [-0.39, 0.29) is 0 Å². The van der Waals surface area contributed by atoms with Crippen molar-refractivity contribution in [1.29, 1.82) is 5.26 Å². The van der Waals surface area contributed by atoms with E-state index in [9.17, 15) is 0 Å². The molecule has 1 aromatic rings. The summed E-state index contributed by atoms with van der Waals surface area (Å²) in [7, 11) is 0. The summed E-state index contributed by atoms with van der Waals surface area (Å²) in [6, 6.07) is 10.1. The number of hydrogen-bond donors (Lipinski definition) is 0. The molecule has 2 rings (SSSR count). The molecule has 1 aliphatic heterocycles. The van der Waals surface area contributed by atoms with E-state index in [0.717, 1.165) is 30.5 Å². The molecule has 2 unspecified atom stereocenters. The van der Waals surface area contributed by atoms with Gasteiger partial charge in [0.05, 0.1) is 11.6 Å². The average Bonchev–Trinajstić information content (AvgIpc) is 2.33. The van der Waals surface area contributed by atoms with Crippen LogP contribution in [-0.4, -0.2) is 13.1 Å². The van der Waals surface area contributed by atoms with Gasteiger partial charge in [-0.05, 0) is 42.5 Å². The summed E-state index contributed by atoms with van der Waals surface area (Å²) in [6.07, 6.45) is 1.27. The zero-order valence-electron chi connectivity index (χ0n) is 9.98. The van der Waals surface area contributed by atoms with Crippen LogP contribution in [0.2, 0.25) is 0 Å². The van der Waals surface area contributed by atoms with Crippen molar-refractivity contribution in [3.63, 3.8) is 0 Å². The van der Waals surface area contributed by atoms with E-state index in [4.69, 9.17) is 5.26 Å². The molecule has 0 spiro atoms. The molecule has 2 nitrogen and oxygen atoms in total. The van der Waals surface area contributed by atoms with Gasteiger partial charge in [0.15, 0.2) is 0 Å². The number of nitriles is 1. The first kappa shape index (κ1) is 11.0. The minimum absolute atomic E-state index is 0.738. The van der Waals surface area contributed by atoms with Crippen LogP contribution >= 0.6 is 0 Å². The lowest BCUT2D eigenvalue weighted by molar-refractivity contribution is 0.324. The minimum Gasteiger partial charge on any atom is -0.371 e. The van der Waals surface area contributed by atoms with Crippen LogP contribution in [0.3, 0.4) is 0 Å². The average molecular weight is 214 g/mol. The monoisotopic (exact) mass is 214 g/mol. The van der Waals surface area contributed by atoms with Crippen LogP contribution in [0.1, 0.15) is 25.8 Å². The Morgan fingerprint density at radius 3 is 2.44 bits per heavy atom. The first-order valence-electron chi connectivity index (χ1n) is 5.96. The zero-order valence-corrected chi connectivity index (χ0v) is 9.98. The molecule has 0 bridgehead atoms. The van der Waals surface area contributed by atoms with Gasteiger partial charge in [-0.2, -0.15) is 5.26 Å². The Kier molecular flexibility index (Phi) is 3.14. The van der Waals surface area contributed by atoms with Crippen molar-refractivity contribution in [3.05, 3.63) is 29.8 Å². The third kappa shape index (κ3) is 2.19. The zero-order chi connectivity index (χ0) is 11.5. The Bertz CT molecular complexity index is 388. The number of rotatable bonds is 1. The minimum atomic E-state index is 0.738. The Morgan fingerprint density at radius 2 is 1.88 bits per heavy atom. The molecule has 0 saturated carbocycles. The van der Waals surface area contributed by atoms with Crippen LogP contribution in [0.4, 0.5) is 5.69 Å². The second-order valence-corrected chi connectivity index (χ2v) is 4.85. The molecule has 0 amide bonds. The molecule has 16 heavy (non-hydrogen) atoms. The Labute approximate surface area is 97.5 Å². The second-order valence-electron chi connectivity index (χ2n) is 4.85. The summed E-state index contributed by atoms with van der Waals surface area (Å²) in [5, 5.41) is 8.75. The highest BCUT2D eigenvalue weighted by molar-refractivity contribution is 5.50. The third-order valence-electron chi connectivity index (χ3n) is 3.70. The van der Waals surface area contributed by atoms with Crippen LogP contribution in [0.15, 0.2) is 24.3 Å². The maximum Gasteiger partial charge on any atom is 0.0991 e. The summed E-state index contributed by atoms with van der Waals surface area (Å²) in [5.74, 6) is 1.58. The van der Waals surface area contributed by atoms with Crippen molar-refractivity contribution in [3.8, 4) is 6.07 Å². The van der Waals surface area contributed by atoms with E-state index in [1.807, 2.05) is 12.1 Å². The molecule has 84 valence electrons. The molecule has 0 aliphatic carbocycles. The smallest absolute Gasteiger partial charge is 0.0991 e. The summed E-state index contributed by atoms with van der Waals surface area (Å²) in [6.45, 7) is 6.92. The predicted molar refractivity (Wildman–Crippen MR) is 66.3 cm³/mol. The van der Waals surface area contributed by atoms with Gasteiger partial charge in [-0.1, -0.05) is 13.8 Å². The predicted octanol–water partition coefficient (Wildman–Crippen LogP) is 3.04. The molecule has 1 aromatic carbocycles. The molecular weight excluding hydrogens is 196 g/mol. The fourth-order valence-electron chi connectivity index (χ4n) is 2.24. The van der Waals surface area contributed by atoms with Gasteiger partial charge in [-0.25, -0.2) is 0 Å². The molecule has 2 atom stereocenters. The van der Waals surface area contributed by atoms with Gasteiger partial charge < -0.3 is 4.90 Å². The molecule has 1 saturated heterocycles. The van der Waals surface area contributed by atoms with E-state index < -0.39 is 0 Å². The van der Waals surface area contributed by atoms with E-state index in [1.165, 1.54) is 12.1 Å². The SMILES string of the molecule is CC1CCN(c2ccc(C#N)cc2)CC1C. The lowest BCUT2D eigenvalue weighted by atomic mass is 9.88. The first-order valence-corrected chi connectivity index (χ1v) is 5.96. The number of anilines is 1. The molecular formula is C14H18N2. The van der Waals surface area contributed by atoms with Crippen LogP contribution in [0.5, 0.6) is 0 Å². The molecule has 1 heterocycles. The fraction of sp³-hybridized carbons (Fsp3) is 0.500. The van der Waals surface area contributed by atoms with Gasteiger partial charge in [0.2, 0.25) is 0 Å². The van der Waals surface area contributed by atoms with E-state index in [0.29, 0.717) is 0 Å². The number of nitrogens with zero attached hydrogens (tertiary/aromatic N) is 2. The van der Waals surface area contributed by atoms with Crippen LogP contribution in [0, 0.1) is 23.2 Å². The van der Waals surface area contributed by atoms with Crippen molar-refractivity contribution in [2.45, 2.75) is 20.3 Å². The van der Waals surface area contributed by atoms with Gasteiger partial charge in [-0.15, -0.1) is 0 Å². The van der Waals surface area contributed by atoms with Crippen molar-refractivity contribution >= 4 is 5.69 Å². The Morgan fingerprint density at radius 1 is 1.19 bits per heavy atom. The third-order valence-corrected chi connectivity index (χ3v) is 3.70. The standard InChI is InChI=1S/C14H18N2/c1-11-7-8-16(10-12(11)2)14-5-3-13(9-15)4-6-14/h3-6,11-12H,7-8,10H2,1-2H3. The maximum atomic E-state index is 8.75. The van der Waals surface area contributed by atoms with Crippen molar-refractivity contribution in [2.75, 3.05) is 18.0 Å². The Balaban J connectivity index is 2.10. The molecule has 0 N–H and O–H groups in total. The van der Waals surface area contributed by atoms with E-state index >= 15 is 0 Å². The normalized spacial score (nSPS) is 25.2. The van der Waals surface area contributed by atoms with Gasteiger partial charge in [0, 0.05) is 18.8 Å². The number of hydrogen-bond acceptors (Lipinski definition) is 2. The largest absolute Gasteiger partial charge is 0.371 e. The summed E-state index contributed by atoms with van der Waals surface area (Å²) in [4.78, 5) is 2.42. The first-order chi connectivity index (χ1) is 7.70. The summed E-state index contributed by atoms with van der Waals surface area (Å²) < 4.78 is 0. The Hall–Kier alpha value is -1.49. The lowest BCUT2D eigenvalue weighted by Crippen LogP contribution is -2.38. The summed E-state index contributed by atoms with van der Waals surface area (Å²) >= 11 is 0. The van der Waals surface area contributed by atoms with Gasteiger partial charge in [-0.3, -0.25) is 0 Å². The van der Waals surface area contributed by atoms with Gasteiger partial charge >= 0.3 is 0 Å². The highest BCUT2D eigenvalue weighted by atomic mass is 15.1. The van der Waals surface area contributed by atoms with Crippen molar-refractivity contribution < 1.29 is 0 Å². The molecule has 0 radical (unpaired) electrons.